The van der Waals surface area contributed by atoms with E-state index in [-0.39, 0.29) is 11.2 Å². The third kappa shape index (κ3) is 2.46. The summed E-state index contributed by atoms with van der Waals surface area (Å²) >= 11 is 1.62. The molecule has 2 fully saturated rings. The van der Waals surface area contributed by atoms with Gasteiger partial charge >= 0.3 is 5.97 Å². The van der Waals surface area contributed by atoms with Gasteiger partial charge in [-0.05, 0) is 42.5 Å². The molecule has 0 saturated heterocycles. The van der Waals surface area contributed by atoms with E-state index in [0.29, 0.717) is 18.9 Å². The summed E-state index contributed by atoms with van der Waals surface area (Å²) < 4.78 is 6.66. The average Bonchev–Trinajstić information content (AvgIpc) is 3.03. The molecule has 2 saturated carbocycles. The van der Waals surface area contributed by atoms with Crippen LogP contribution >= 0.6 is 11.8 Å². The van der Waals surface area contributed by atoms with Crippen molar-refractivity contribution in [2.75, 3.05) is 7.11 Å². The second kappa shape index (κ2) is 4.75. The Kier molecular flexibility index (Phi) is 3.22. The Labute approximate surface area is 115 Å². The number of aromatic nitrogens is 4. The van der Waals surface area contributed by atoms with Gasteiger partial charge < -0.3 is 10.5 Å². The molecule has 1 aromatic rings. The molecule has 3 rings (SSSR count). The van der Waals surface area contributed by atoms with Gasteiger partial charge in [-0.15, -0.1) is 5.10 Å². The van der Waals surface area contributed by atoms with Crippen LogP contribution in [0.2, 0.25) is 0 Å². The van der Waals surface area contributed by atoms with Crippen molar-refractivity contribution in [1.82, 2.24) is 20.2 Å². The number of carbonyl (C=O) groups excluding carboxylic acids is 1. The summed E-state index contributed by atoms with van der Waals surface area (Å²) in [6.07, 6.45) is 4.44. The third-order valence-electron chi connectivity index (χ3n) is 3.72. The highest BCUT2D eigenvalue weighted by Crippen LogP contribution is 2.42. The topological polar surface area (TPSA) is 95.9 Å². The van der Waals surface area contributed by atoms with E-state index < -0.39 is 5.54 Å². The number of methoxy groups -OCH3 is 1. The minimum absolute atomic E-state index is 0.271. The molecule has 7 nitrogen and oxygen atoms in total. The summed E-state index contributed by atoms with van der Waals surface area (Å²) in [7, 11) is 1.38. The minimum atomic E-state index is -0.843. The van der Waals surface area contributed by atoms with Crippen LogP contribution in [0, 0.1) is 0 Å². The van der Waals surface area contributed by atoms with E-state index in [9.17, 15) is 4.79 Å². The zero-order valence-corrected chi connectivity index (χ0v) is 11.6. The SMILES string of the molecule is COC(=O)C1(N)CCC(Sc2nnnn2C2CC2)C1. The van der Waals surface area contributed by atoms with Crippen LogP contribution in [0.5, 0.6) is 0 Å². The minimum Gasteiger partial charge on any atom is -0.468 e. The van der Waals surface area contributed by atoms with Crippen LogP contribution in [-0.2, 0) is 9.53 Å². The quantitative estimate of drug-likeness (QED) is 0.805. The lowest BCUT2D eigenvalue weighted by atomic mass is 10.00. The monoisotopic (exact) mass is 283 g/mol. The highest BCUT2D eigenvalue weighted by molar-refractivity contribution is 7.99. The maximum Gasteiger partial charge on any atom is 0.325 e. The van der Waals surface area contributed by atoms with Gasteiger partial charge in [-0.2, -0.15) is 0 Å². The first-order valence-electron chi connectivity index (χ1n) is 6.44. The Hall–Kier alpha value is -1.15. The normalized spacial score (nSPS) is 30.5. The van der Waals surface area contributed by atoms with Gasteiger partial charge in [0.2, 0.25) is 5.16 Å². The van der Waals surface area contributed by atoms with Gasteiger partial charge in [0.1, 0.15) is 5.54 Å². The molecule has 1 aromatic heterocycles. The van der Waals surface area contributed by atoms with E-state index >= 15 is 0 Å². The van der Waals surface area contributed by atoms with Crippen molar-refractivity contribution >= 4 is 17.7 Å². The number of nitrogens with zero attached hydrogens (tertiary/aromatic N) is 4. The maximum absolute atomic E-state index is 11.7. The molecule has 0 spiro atoms. The van der Waals surface area contributed by atoms with E-state index in [1.54, 1.807) is 11.8 Å². The maximum atomic E-state index is 11.7. The van der Waals surface area contributed by atoms with Gasteiger partial charge in [-0.3, -0.25) is 4.79 Å². The summed E-state index contributed by atoms with van der Waals surface area (Å²) in [6.45, 7) is 0. The molecule has 2 unspecified atom stereocenters. The van der Waals surface area contributed by atoms with Crippen molar-refractivity contribution < 1.29 is 9.53 Å². The predicted octanol–water partition coefficient (Wildman–Crippen LogP) is 0.523. The van der Waals surface area contributed by atoms with Gasteiger partial charge in [0.25, 0.3) is 0 Å². The van der Waals surface area contributed by atoms with E-state index in [4.69, 9.17) is 10.5 Å². The zero-order chi connectivity index (χ0) is 13.5. The van der Waals surface area contributed by atoms with Gasteiger partial charge in [-0.1, -0.05) is 11.8 Å². The Bertz CT molecular complexity index is 489. The van der Waals surface area contributed by atoms with Crippen molar-refractivity contribution in [3.05, 3.63) is 0 Å². The van der Waals surface area contributed by atoms with E-state index in [2.05, 4.69) is 15.5 Å². The number of hydrogen-bond acceptors (Lipinski definition) is 7. The number of ether oxygens (including phenoxy) is 1. The highest BCUT2D eigenvalue weighted by Gasteiger charge is 2.44. The molecule has 0 radical (unpaired) electrons. The molecule has 2 aliphatic rings. The van der Waals surface area contributed by atoms with Crippen molar-refractivity contribution in [1.29, 1.82) is 0 Å². The zero-order valence-electron chi connectivity index (χ0n) is 10.8. The molecule has 2 N–H and O–H groups in total. The fourth-order valence-corrected chi connectivity index (χ4v) is 3.77. The van der Waals surface area contributed by atoms with Gasteiger partial charge in [0, 0.05) is 5.25 Å². The molecule has 104 valence electrons. The molecule has 1 heterocycles. The van der Waals surface area contributed by atoms with Gasteiger partial charge in [-0.25, -0.2) is 4.68 Å². The van der Waals surface area contributed by atoms with Crippen molar-refractivity contribution in [2.45, 2.75) is 54.1 Å². The van der Waals surface area contributed by atoms with Crippen LogP contribution in [-0.4, -0.2) is 44.1 Å². The van der Waals surface area contributed by atoms with Crippen LogP contribution in [0.25, 0.3) is 0 Å². The predicted molar refractivity (Wildman–Crippen MR) is 68.5 cm³/mol. The first-order chi connectivity index (χ1) is 9.12. The summed E-state index contributed by atoms with van der Waals surface area (Å²) in [4.78, 5) is 11.7. The molecule has 0 bridgehead atoms. The summed E-state index contributed by atoms with van der Waals surface area (Å²) in [5.41, 5.74) is 5.25. The number of nitrogens with two attached hydrogens (primary N) is 1. The van der Waals surface area contributed by atoms with Gasteiger partial charge in [0.05, 0.1) is 13.2 Å². The second-order valence-corrected chi connectivity index (χ2v) is 6.54. The summed E-state index contributed by atoms with van der Waals surface area (Å²) in [5.74, 6) is -0.322. The summed E-state index contributed by atoms with van der Waals surface area (Å²) in [6, 6.07) is 0.460. The average molecular weight is 283 g/mol. The van der Waals surface area contributed by atoms with Gasteiger partial charge in [0.15, 0.2) is 0 Å². The fraction of sp³-hybridized carbons (Fsp3) is 0.818. The van der Waals surface area contributed by atoms with E-state index in [1.165, 1.54) is 7.11 Å². The molecule has 0 amide bonds. The molecule has 0 aromatic carbocycles. The molecular formula is C11H17N5O2S. The number of esters is 1. The highest BCUT2D eigenvalue weighted by atomic mass is 32.2. The van der Waals surface area contributed by atoms with Crippen LogP contribution in [0.4, 0.5) is 0 Å². The molecule has 0 aliphatic heterocycles. The largest absolute Gasteiger partial charge is 0.468 e. The van der Waals surface area contributed by atoms with Crippen LogP contribution in [0.1, 0.15) is 38.1 Å². The van der Waals surface area contributed by atoms with Crippen LogP contribution in [0.3, 0.4) is 0 Å². The van der Waals surface area contributed by atoms with E-state index in [1.807, 2.05) is 4.68 Å². The molecule has 19 heavy (non-hydrogen) atoms. The lowest BCUT2D eigenvalue weighted by molar-refractivity contribution is -0.146. The van der Waals surface area contributed by atoms with E-state index in [0.717, 1.165) is 24.4 Å². The number of thioether (sulfide) groups is 1. The first kappa shape index (κ1) is 12.9. The lowest BCUT2D eigenvalue weighted by Crippen LogP contribution is -2.46. The number of rotatable bonds is 4. The fourth-order valence-electron chi connectivity index (χ4n) is 2.48. The van der Waals surface area contributed by atoms with Crippen molar-refractivity contribution in [2.24, 2.45) is 5.73 Å². The first-order valence-corrected chi connectivity index (χ1v) is 7.32. The number of hydrogen-bond donors (Lipinski definition) is 1. The van der Waals surface area contributed by atoms with Crippen molar-refractivity contribution in [3.8, 4) is 0 Å². The Morgan fingerprint density at radius 3 is 3.00 bits per heavy atom. The van der Waals surface area contributed by atoms with Crippen molar-refractivity contribution in [3.63, 3.8) is 0 Å². The lowest BCUT2D eigenvalue weighted by Gasteiger charge is -2.20. The second-order valence-electron chi connectivity index (χ2n) is 5.27. The Morgan fingerprint density at radius 2 is 2.32 bits per heavy atom. The molecule has 8 heteroatoms. The smallest absolute Gasteiger partial charge is 0.325 e. The third-order valence-corrected chi connectivity index (χ3v) is 4.94. The summed E-state index contributed by atoms with van der Waals surface area (Å²) in [5, 5.41) is 12.9. The Balaban J connectivity index is 1.65. The standard InChI is InChI=1S/C11H17N5O2S/c1-18-9(17)11(12)5-4-8(6-11)19-10-13-14-15-16(10)7-2-3-7/h7-8H,2-6,12H2,1H3. The Morgan fingerprint density at radius 1 is 1.53 bits per heavy atom. The van der Waals surface area contributed by atoms with Crippen LogP contribution in [0.15, 0.2) is 5.16 Å². The number of tetrazole rings is 1. The molecule has 2 atom stereocenters. The molecule has 2 aliphatic carbocycles. The molecular weight excluding hydrogens is 266 g/mol. The number of carbonyl (C=O) groups is 1. The van der Waals surface area contributed by atoms with Crippen LogP contribution < -0.4 is 5.73 Å².